The number of ether oxygens (including phenoxy) is 1. The van der Waals surface area contributed by atoms with Crippen LogP contribution in [0.25, 0.3) is 32.9 Å². The minimum absolute atomic E-state index is 0.0402. The Labute approximate surface area is 343 Å². The molecule has 3 aliphatic heterocycles. The number of pyridine rings is 1. The van der Waals surface area contributed by atoms with Gasteiger partial charge in [-0.25, -0.2) is 36.9 Å². The van der Waals surface area contributed by atoms with Crippen molar-refractivity contribution in [2.75, 3.05) is 17.2 Å². The van der Waals surface area contributed by atoms with Crippen LogP contribution in [0.1, 0.15) is 119 Å². The molecule has 9 nitrogen and oxygen atoms in total. The van der Waals surface area contributed by atoms with Crippen LogP contribution in [0.15, 0.2) is 35.5 Å². The smallest absolute Gasteiger partial charge is 0.410 e. The van der Waals surface area contributed by atoms with Crippen molar-refractivity contribution < 1.29 is 26.7 Å². The van der Waals surface area contributed by atoms with Gasteiger partial charge < -0.3 is 9.64 Å². The van der Waals surface area contributed by atoms with E-state index in [2.05, 4.69) is 69.8 Å². The van der Waals surface area contributed by atoms with E-state index in [1.165, 1.54) is 13.0 Å². The molecule has 0 N–H and O–H groups in total. The van der Waals surface area contributed by atoms with Crippen LogP contribution >= 0.6 is 0 Å². The number of hydrogen-bond acceptors (Lipinski definition) is 8. The number of fused-ring (bicyclic) bond motifs is 6. The van der Waals surface area contributed by atoms with E-state index in [4.69, 9.17) is 14.7 Å². The van der Waals surface area contributed by atoms with Gasteiger partial charge in [0.25, 0.3) is 0 Å². The summed E-state index contributed by atoms with van der Waals surface area (Å²) in [7, 11) is -6.30. The third-order valence-corrected chi connectivity index (χ3v) is 20.8. The number of hydrogen-bond donors (Lipinski definition) is 0. The van der Waals surface area contributed by atoms with Crippen molar-refractivity contribution in [2.45, 2.75) is 153 Å². The number of carbonyl (C=O) groups is 1. The number of sulfone groups is 1. The fourth-order valence-electron chi connectivity index (χ4n) is 10.3. The zero-order chi connectivity index (χ0) is 42.2. The molecule has 7 rings (SSSR count). The average Bonchev–Trinajstić information content (AvgIpc) is 3.42. The Morgan fingerprint density at radius 2 is 1.64 bits per heavy atom. The molecule has 1 amide bonds. The van der Waals surface area contributed by atoms with E-state index in [-0.39, 0.29) is 52.7 Å². The van der Waals surface area contributed by atoms with E-state index in [0.29, 0.717) is 69.2 Å². The Balaban J connectivity index is 1.50. The van der Waals surface area contributed by atoms with Gasteiger partial charge in [0.05, 0.1) is 40.5 Å². The zero-order valence-corrected chi connectivity index (χ0v) is 37.5. The van der Waals surface area contributed by atoms with Crippen molar-refractivity contribution in [2.24, 2.45) is 0 Å². The summed E-state index contributed by atoms with van der Waals surface area (Å²) in [6.07, 6.45) is 2.29. The number of benzene rings is 2. The van der Waals surface area contributed by atoms with Crippen molar-refractivity contribution in [3.05, 3.63) is 53.2 Å². The molecule has 13 heteroatoms. The van der Waals surface area contributed by atoms with Crippen molar-refractivity contribution in [3.63, 3.8) is 0 Å². The Hall–Kier alpha value is -4.15. The lowest BCUT2D eigenvalue weighted by molar-refractivity contribution is 0.00685. The van der Waals surface area contributed by atoms with E-state index in [9.17, 15) is 13.2 Å². The summed E-state index contributed by atoms with van der Waals surface area (Å²) in [5, 5.41) is 1.06. The lowest BCUT2D eigenvalue weighted by Gasteiger charge is -2.47. The van der Waals surface area contributed by atoms with Gasteiger partial charge in [0.1, 0.15) is 36.5 Å². The summed E-state index contributed by atoms with van der Waals surface area (Å²) in [4.78, 5) is 32.1. The van der Waals surface area contributed by atoms with Crippen molar-refractivity contribution >= 4 is 51.5 Å². The topological polar surface area (TPSA) is 106 Å². The van der Waals surface area contributed by atoms with Gasteiger partial charge in [0.2, 0.25) is 15.0 Å². The van der Waals surface area contributed by atoms with Crippen LogP contribution in [-0.2, 0) is 14.6 Å². The number of rotatable bonds is 7. The van der Waals surface area contributed by atoms with E-state index in [0.717, 1.165) is 12.8 Å². The molecule has 2 aromatic carbocycles. The third-order valence-electron chi connectivity index (χ3n) is 13.0. The first-order valence-corrected chi connectivity index (χ1v) is 24.8. The fourth-order valence-corrected chi connectivity index (χ4v) is 16.2. The number of amides is 1. The summed E-state index contributed by atoms with van der Waals surface area (Å²) >= 11 is 0. The van der Waals surface area contributed by atoms with Crippen LogP contribution in [0.2, 0.25) is 16.6 Å². The number of anilines is 1. The Kier molecular flexibility index (Phi) is 11.0. The average molecular weight is 830 g/mol. The second-order valence-corrected chi connectivity index (χ2v) is 26.1. The summed E-state index contributed by atoms with van der Waals surface area (Å²) in [5.41, 5.74) is 4.86. The molecule has 2 aromatic heterocycles. The summed E-state index contributed by atoms with van der Waals surface area (Å²) in [6, 6.07) is 7.76. The molecule has 0 radical (unpaired) electrons. The highest BCUT2D eigenvalue weighted by Crippen LogP contribution is 2.49. The molecule has 2 saturated heterocycles. The molecular weight excluding hydrogens is 773 g/mol. The van der Waals surface area contributed by atoms with Gasteiger partial charge in [0.15, 0.2) is 5.82 Å². The SMILES string of the molecule is CC[C@H]1C[C@@H]2[C@@H]3CC[C@H](CN2c2nc(S(=O)(=O)CC)nc4c(F)c(-c5cccc6ccc(F)c(C#C[Si](C(C)C)(C(C)C)C(C)C)c56)nc1c24)N3C(=O)OC(C)(C)C. The first-order chi connectivity index (χ1) is 27.2. The number of carbonyl (C=O) groups excluding carboxylic acids is 1. The zero-order valence-electron chi connectivity index (χ0n) is 35.7. The number of nitrogens with zero attached hydrogens (tertiary/aromatic N) is 5. The van der Waals surface area contributed by atoms with Crippen LogP contribution in [0.5, 0.6) is 0 Å². The standard InChI is InChI=1S/C45H57F2N5O4SSi/c1-12-28-23-35-34-20-18-30(52(34)44(53)56-45(9,10)11)24-51(35)42-37-39(28)48-40(38(47)41(37)49-43(50-42)57(54,55)13-2)32-16-14-15-29-17-19-33(46)31(36(29)32)21-22-58(25(3)4,26(5)6)27(7)8/h14-17,19,25-28,30,34-35H,12-13,18,20,23-24H2,1-11H3/t28-,30+,34-,35+/m0/s1. The van der Waals surface area contributed by atoms with Crippen molar-refractivity contribution in [1.29, 1.82) is 0 Å². The predicted molar refractivity (Wildman–Crippen MR) is 230 cm³/mol. The third kappa shape index (κ3) is 6.85. The van der Waals surface area contributed by atoms with Crippen LogP contribution in [0, 0.1) is 23.1 Å². The molecule has 310 valence electrons. The lowest BCUT2D eigenvalue weighted by atomic mass is 9.88. The molecule has 0 aliphatic carbocycles. The van der Waals surface area contributed by atoms with E-state index >= 15 is 8.78 Å². The monoisotopic (exact) mass is 829 g/mol. The van der Waals surface area contributed by atoms with E-state index in [1.807, 2.05) is 31.7 Å². The van der Waals surface area contributed by atoms with Gasteiger partial charge >= 0.3 is 6.09 Å². The first kappa shape index (κ1) is 42.0. The first-order valence-electron chi connectivity index (χ1n) is 20.9. The maximum atomic E-state index is 17.7. The van der Waals surface area contributed by atoms with Gasteiger partial charge in [-0.2, -0.15) is 0 Å². The molecule has 0 spiro atoms. The van der Waals surface area contributed by atoms with E-state index < -0.39 is 40.3 Å². The molecule has 0 unspecified atom stereocenters. The normalized spacial score (nSPS) is 20.8. The summed E-state index contributed by atoms with van der Waals surface area (Å²) in [6.45, 7) is 22.7. The van der Waals surface area contributed by atoms with E-state index in [1.54, 1.807) is 18.2 Å². The van der Waals surface area contributed by atoms with Gasteiger partial charge in [-0.05, 0) is 74.5 Å². The summed E-state index contributed by atoms with van der Waals surface area (Å²) in [5.74, 6) is 1.84. The number of halogens is 2. The molecular formula is C45H57F2N5O4SSi. The Morgan fingerprint density at radius 3 is 2.26 bits per heavy atom. The highest BCUT2D eigenvalue weighted by atomic mass is 32.2. The predicted octanol–water partition coefficient (Wildman–Crippen LogP) is 10.3. The Morgan fingerprint density at radius 1 is 0.948 bits per heavy atom. The number of aromatic nitrogens is 3. The molecule has 4 atom stereocenters. The second kappa shape index (κ2) is 15.1. The minimum Gasteiger partial charge on any atom is -0.444 e. The fraction of sp³-hybridized carbons (Fsp3) is 0.556. The molecule has 2 bridgehead atoms. The summed E-state index contributed by atoms with van der Waals surface area (Å²) < 4.78 is 67.1. The van der Waals surface area contributed by atoms with Crippen LogP contribution in [0.4, 0.5) is 19.4 Å². The molecule has 58 heavy (non-hydrogen) atoms. The highest BCUT2D eigenvalue weighted by Gasteiger charge is 2.52. The maximum Gasteiger partial charge on any atom is 0.410 e. The molecule has 5 heterocycles. The van der Waals surface area contributed by atoms with Crippen molar-refractivity contribution in [1.82, 2.24) is 19.9 Å². The minimum atomic E-state index is -4.00. The highest BCUT2D eigenvalue weighted by molar-refractivity contribution is 7.91. The van der Waals surface area contributed by atoms with Crippen molar-refractivity contribution in [3.8, 4) is 22.7 Å². The largest absolute Gasteiger partial charge is 0.444 e. The van der Waals surface area contributed by atoms with Gasteiger partial charge in [-0.3, -0.25) is 4.90 Å². The van der Waals surface area contributed by atoms with Crippen LogP contribution in [-0.4, -0.2) is 78.5 Å². The Bertz CT molecular complexity index is 2450. The van der Waals surface area contributed by atoms with Gasteiger partial charge in [0, 0.05) is 23.4 Å². The molecule has 4 aromatic rings. The van der Waals surface area contributed by atoms with Gasteiger partial charge in [-0.1, -0.05) is 85.6 Å². The number of piperazine rings is 1. The second-order valence-electron chi connectivity index (χ2n) is 18.3. The van der Waals surface area contributed by atoms with Crippen LogP contribution < -0.4 is 4.90 Å². The molecule has 2 fully saturated rings. The molecule has 0 saturated carbocycles. The maximum absolute atomic E-state index is 17.7. The quantitative estimate of drug-likeness (QED) is 0.103. The molecule has 3 aliphatic rings. The lowest BCUT2D eigenvalue weighted by Crippen LogP contribution is -2.62. The van der Waals surface area contributed by atoms with Gasteiger partial charge in [-0.15, -0.1) is 5.54 Å². The van der Waals surface area contributed by atoms with Crippen LogP contribution in [0.3, 0.4) is 0 Å².